The summed E-state index contributed by atoms with van der Waals surface area (Å²) in [7, 11) is 1.98. The van der Waals surface area contributed by atoms with Gasteiger partial charge < -0.3 is 5.32 Å². The summed E-state index contributed by atoms with van der Waals surface area (Å²) in [5.74, 6) is 0. The maximum atomic E-state index is 4.43. The van der Waals surface area contributed by atoms with E-state index in [4.69, 9.17) is 0 Å². The van der Waals surface area contributed by atoms with Crippen LogP contribution in [0.5, 0.6) is 0 Å². The van der Waals surface area contributed by atoms with Crippen molar-refractivity contribution >= 4 is 43.2 Å². The SMILES string of the molecule is CCCn1ncc(Br)c1C(NC)c1sccc1Br. The predicted molar refractivity (Wildman–Crippen MR) is 83.1 cm³/mol. The molecule has 3 nitrogen and oxygen atoms in total. The molecule has 18 heavy (non-hydrogen) atoms. The van der Waals surface area contributed by atoms with E-state index in [2.05, 4.69) is 65.3 Å². The Labute approximate surface area is 128 Å². The van der Waals surface area contributed by atoms with E-state index in [9.17, 15) is 0 Å². The summed E-state index contributed by atoms with van der Waals surface area (Å²) in [4.78, 5) is 1.27. The number of aryl methyl sites for hydroxylation is 1. The fourth-order valence-corrected chi connectivity index (χ4v) is 4.19. The lowest BCUT2D eigenvalue weighted by Gasteiger charge is -2.18. The largest absolute Gasteiger partial charge is 0.307 e. The summed E-state index contributed by atoms with van der Waals surface area (Å²) in [6.07, 6.45) is 2.94. The Morgan fingerprint density at radius 2 is 2.22 bits per heavy atom. The topological polar surface area (TPSA) is 29.9 Å². The Bertz CT molecular complexity index is 521. The second-order valence-electron chi connectivity index (χ2n) is 3.96. The van der Waals surface area contributed by atoms with E-state index in [0.717, 1.165) is 21.9 Å². The number of thiophene rings is 1. The average molecular weight is 393 g/mol. The first-order valence-electron chi connectivity index (χ1n) is 5.80. The molecular formula is C12H15Br2N3S. The van der Waals surface area contributed by atoms with Gasteiger partial charge in [-0.05, 0) is 56.8 Å². The van der Waals surface area contributed by atoms with Crippen molar-refractivity contribution in [3.05, 3.63) is 37.2 Å². The Hall–Kier alpha value is -0.170. The van der Waals surface area contributed by atoms with Crippen LogP contribution in [0.1, 0.15) is 30.0 Å². The zero-order chi connectivity index (χ0) is 13.1. The van der Waals surface area contributed by atoms with Gasteiger partial charge in [0.2, 0.25) is 0 Å². The van der Waals surface area contributed by atoms with Gasteiger partial charge in [0.25, 0.3) is 0 Å². The highest BCUT2D eigenvalue weighted by Gasteiger charge is 2.23. The standard InChI is InChI=1S/C12H15Br2N3S/c1-3-5-17-11(9(14)7-16-17)10(15-2)12-8(13)4-6-18-12/h4,6-7,10,15H,3,5H2,1-2H3. The van der Waals surface area contributed by atoms with Crippen LogP contribution in [0.2, 0.25) is 0 Å². The molecule has 0 aliphatic carbocycles. The maximum Gasteiger partial charge on any atom is 0.0862 e. The highest BCUT2D eigenvalue weighted by molar-refractivity contribution is 9.10. The zero-order valence-corrected chi connectivity index (χ0v) is 14.3. The molecule has 0 amide bonds. The van der Waals surface area contributed by atoms with Crippen LogP contribution in [0, 0.1) is 0 Å². The maximum absolute atomic E-state index is 4.43. The van der Waals surface area contributed by atoms with E-state index in [1.54, 1.807) is 11.3 Å². The van der Waals surface area contributed by atoms with E-state index in [-0.39, 0.29) is 6.04 Å². The van der Waals surface area contributed by atoms with Crippen molar-refractivity contribution < 1.29 is 0 Å². The summed E-state index contributed by atoms with van der Waals surface area (Å²) in [6.45, 7) is 3.09. The molecular weight excluding hydrogens is 378 g/mol. The summed E-state index contributed by atoms with van der Waals surface area (Å²) >= 11 is 8.96. The zero-order valence-electron chi connectivity index (χ0n) is 10.3. The Morgan fingerprint density at radius 1 is 1.44 bits per heavy atom. The molecule has 98 valence electrons. The lowest BCUT2D eigenvalue weighted by molar-refractivity contribution is 0.536. The lowest BCUT2D eigenvalue weighted by Crippen LogP contribution is -2.21. The number of aromatic nitrogens is 2. The fourth-order valence-electron chi connectivity index (χ4n) is 1.95. The minimum absolute atomic E-state index is 0.155. The molecule has 0 spiro atoms. The number of hydrogen-bond donors (Lipinski definition) is 1. The van der Waals surface area contributed by atoms with E-state index in [0.29, 0.717) is 0 Å². The lowest BCUT2D eigenvalue weighted by atomic mass is 10.1. The number of halogens is 2. The van der Waals surface area contributed by atoms with Gasteiger partial charge in [0.05, 0.1) is 22.4 Å². The van der Waals surface area contributed by atoms with Gasteiger partial charge >= 0.3 is 0 Å². The smallest absolute Gasteiger partial charge is 0.0862 e. The Balaban J connectivity index is 2.45. The minimum Gasteiger partial charge on any atom is -0.307 e. The van der Waals surface area contributed by atoms with Crippen molar-refractivity contribution in [3.63, 3.8) is 0 Å². The molecule has 1 atom stereocenters. The quantitative estimate of drug-likeness (QED) is 0.826. The van der Waals surface area contributed by atoms with Crippen LogP contribution in [0.3, 0.4) is 0 Å². The average Bonchev–Trinajstić information content (AvgIpc) is 2.91. The van der Waals surface area contributed by atoms with Crippen molar-refractivity contribution in [1.82, 2.24) is 15.1 Å². The van der Waals surface area contributed by atoms with Crippen LogP contribution >= 0.6 is 43.2 Å². The highest BCUT2D eigenvalue weighted by atomic mass is 79.9. The highest BCUT2D eigenvalue weighted by Crippen LogP contribution is 2.35. The first-order valence-corrected chi connectivity index (χ1v) is 8.27. The molecule has 0 saturated heterocycles. The molecule has 2 rings (SSSR count). The molecule has 2 aromatic heterocycles. The monoisotopic (exact) mass is 391 g/mol. The number of hydrogen-bond acceptors (Lipinski definition) is 3. The van der Waals surface area contributed by atoms with Crippen molar-refractivity contribution in [2.45, 2.75) is 25.9 Å². The molecule has 0 radical (unpaired) electrons. The van der Waals surface area contributed by atoms with Crippen molar-refractivity contribution in [2.24, 2.45) is 0 Å². The predicted octanol–water partition coefficient (Wildman–Crippen LogP) is 4.19. The van der Waals surface area contributed by atoms with Crippen molar-refractivity contribution in [1.29, 1.82) is 0 Å². The van der Waals surface area contributed by atoms with Gasteiger partial charge in [0.15, 0.2) is 0 Å². The van der Waals surface area contributed by atoms with Gasteiger partial charge in [0.1, 0.15) is 0 Å². The summed E-state index contributed by atoms with van der Waals surface area (Å²) in [5.41, 5.74) is 1.18. The molecule has 2 heterocycles. The summed E-state index contributed by atoms with van der Waals surface area (Å²) in [6, 6.07) is 2.24. The number of nitrogens with one attached hydrogen (secondary N) is 1. The van der Waals surface area contributed by atoms with E-state index >= 15 is 0 Å². The van der Waals surface area contributed by atoms with Crippen LogP contribution in [0.4, 0.5) is 0 Å². The van der Waals surface area contributed by atoms with Crippen LogP contribution in [-0.2, 0) is 6.54 Å². The summed E-state index contributed by atoms with van der Waals surface area (Å²) < 4.78 is 4.26. The van der Waals surface area contributed by atoms with E-state index in [1.807, 2.05) is 13.2 Å². The van der Waals surface area contributed by atoms with Gasteiger partial charge in [-0.1, -0.05) is 6.92 Å². The molecule has 0 aliphatic heterocycles. The first-order chi connectivity index (χ1) is 8.69. The molecule has 0 fully saturated rings. The van der Waals surface area contributed by atoms with Crippen LogP contribution in [-0.4, -0.2) is 16.8 Å². The van der Waals surface area contributed by atoms with Gasteiger partial charge in [-0.3, -0.25) is 4.68 Å². The molecule has 1 N–H and O–H groups in total. The number of nitrogens with zero attached hydrogens (tertiary/aromatic N) is 2. The molecule has 0 bridgehead atoms. The van der Waals surface area contributed by atoms with Crippen molar-refractivity contribution in [2.75, 3.05) is 7.05 Å². The van der Waals surface area contributed by atoms with Crippen molar-refractivity contribution in [3.8, 4) is 0 Å². The normalized spacial score (nSPS) is 12.9. The summed E-state index contributed by atoms with van der Waals surface area (Å²) in [5, 5.41) is 9.91. The van der Waals surface area contributed by atoms with Crippen LogP contribution in [0.15, 0.2) is 26.6 Å². The molecule has 0 aliphatic rings. The molecule has 0 saturated carbocycles. The van der Waals surface area contributed by atoms with Gasteiger partial charge in [-0.15, -0.1) is 11.3 Å². The van der Waals surface area contributed by atoms with Gasteiger partial charge in [0, 0.05) is 15.9 Å². The minimum atomic E-state index is 0.155. The van der Waals surface area contributed by atoms with Crippen LogP contribution in [0.25, 0.3) is 0 Å². The van der Waals surface area contributed by atoms with Crippen LogP contribution < -0.4 is 5.32 Å². The molecule has 6 heteroatoms. The van der Waals surface area contributed by atoms with Gasteiger partial charge in [-0.2, -0.15) is 5.10 Å². The van der Waals surface area contributed by atoms with Gasteiger partial charge in [-0.25, -0.2) is 0 Å². The third kappa shape index (κ3) is 2.71. The third-order valence-corrected chi connectivity index (χ3v) is 5.28. The number of rotatable bonds is 5. The van der Waals surface area contributed by atoms with E-state index < -0.39 is 0 Å². The second-order valence-corrected chi connectivity index (χ2v) is 6.61. The Morgan fingerprint density at radius 3 is 2.78 bits per heavy atom. The molecule has 0 aromatic carbocycles. The Kier molecular flexibility index (Phi) is 5.00. The first kappa shape index (κ1) is 14.2. The second kappa shape index (κ2) is 6.32. The third-order valence-electron chi connectivity index (χ3n) is 2.74. The molecule has 1 unspecified atom stereocenters. The molecule has 2 aromatic rings. The van der Waals surface area contributed by atoms with E-state index in [1.165, 1.54) is 10.6 Å². The fraction of sp³-hybridized carbons (Fsp3) is 0.417.